The molecule has 84 heavy (non-hydrogen) atoms. The summed E-state index contributed by atoms with van der Waals surface area (Å²) in [6, 6.07) is -1.09. The number of unbranched alkanes of at least 4 members (excludes halogenated alkanes) is 13. The Morgan fingerprint density at radius 2 is 0.643 bits per heavy atom. The van der Waals surface area contributed by atoms with Gasteiger partial charge in [0.15, 0.2) is 61.5 Å². The number of nitrogens with two attached hydrogens (primary N) is 1. The van der Waals surface area contributed by atoms with E-state index in [9.17, 15) is 52.7 Å². The molecule has 0 unspecified atom stereocenters. The molecule has 16 atom stereocenters. The molecule has 0 aromatic heterocycles. The first-order valence-electron chi connectivity index (χ1n) is 28.7. The first-order chi connectivity index (χ1) is 39.7. The Kier molecular flexibility index (Phi) is 32.1. The second kappa shape index (κ2) is 37.4. The Hall–Kier alpha value is -6.07. The van der Waals surface area contributed by atoms with Crippen molar-refractivity contribution in [2.75, 3.05) is 19.8 Å². The van der Waals surface area contributed by atoms with Crippen molar-refractivity contribution in [3.8, 4) is 0 Å². The van der Waals surface area contributed by atoms with E-state index >= 15 is 0 Å². The smallest absolute Gasteiger partial charge is 0.303 e. The van der Waals surface area contributed by atoms with Gasteiger partial charge in [0.2, 0.25) is 5.91 Å². The lowest BCUT2D eigenvalue weighted by Crippen LogP contribution is -2.70. The normalized spacial score (nSPS) is 27.7. The lowest BCUT2D eigenvalue weighted by Gasteiger charge is -2.50. The van der Waals surface area contributed by atoms with E-state index in [1.54, 1.807) is 0 Å². The van der Waals surface area contributed by atoms with Crippen LogP contribution in [0.5, 0.6) is 0 Å². The topological polar surface area (TPSA) is 364 Å². The summed E-state index contributed by atoms with van der Waals surface area (Å²) in [5, 5.41) is 2.62. The van der Waals surface area contributed by atoms with Gasteiger partial charge in [0.05, 0.1) is 6.04 Å². The average molecular weight is 1210 g/mol. The molecule has 3 heterocycles. The van der Waals surface area contributed by atoms with Gasteiger partial charge in [-0.15, -0.1) is 0 Å². The Bertz CT molecular complexity index is 2180. The Balaban J connectivity index is 2.07. The number of carbonyl (C=O) groups excluding carboxylic acids is 11. The Morgan fingerprint density at radius 1 is 0.357 bits per heavy atom. The van der Waals surface area contributed by atoms with Crippen LogP contribution in [-0.4, -0.2) is 184 Å². The summed E-state index contributed by atoms with van der Waals surface area (Å²) in [7, 11) is 0. The molecular weight excluding hydrogens is 1120 g/mol. The van der Waals surface area contributed by atoms with E-state index in [1.807, 2.05) is 0 Å². The molecule has 3 aliphatic rings. The second-order valence-corrected chi connectivity index (χ2v) is 20.8. The van der Waals surface area contributed by atoms with Crippen LogP contribution < -0.4 is 11.1 Å². The largest absolute Gasteiger partial charge is 0.463 e. The van der Waals surface area contributed by atoms with E-state index in [2.05, 4.69) is 12.2 Å². The van der Waals surface area contributed by atoms with Gasteiger partial charge in [-0.2, -0.15) is 0 Å². The highest BCUT2D eigenvalue weighted by atomic mass is 16.8. The molecule has 3 fully saturated rings. The van der Waals surface area contributed by atoms with Gasteiger partial charge in [-0.3, -0.25) is 52.7 Å². The summed E-state index contributed by atoms with van der Waals surface area (Å²) < 4.78 is 87.3. The first-order valence-corrected chi connectivity index (χ1v) is 28.7. The van der Waals surface area contributed by atoms with Crippen molar-refractivity contribution in [3.63, 3.8) is 0 Å². The average Bonchev–Trinajstić information content (AvgIpc) is 1.98. The van der Waals surface area contributed by atoms with Gasteiger partial charge in [-0.05, 0) is 6.42 Å². The number of hydrogen-bond donors (Lipinski definition) is 2. The fourth-order valence-electron chi connectivity index (χ4n) is 9.85. The van der Waals surface area contributed by atoms with Crippen LogP contribution in [0.2, 0.25) is 0 Å². The van der Waals surface area contributed by atoms with Gasteiger partial charge in [-0.25, -0.2) is 0 Å². The van der Waals surface area contributed by atoms with Crippen LogP contribution in [0.25, 0.3) is 0 Å². The zero-order valence-corrected chi connectivity index (χ0v) is 50.2. The number of esters is 10. The second-order valence-electron chi connectivity index (χ2n) is 20.8. The lowest BCUT2D eigenvalue weighted by atomic mass is 9.94. The van der Waals surface area contributed by atoms with E-state index in [4.69, 9.17) is 76.8 Å². The van der Waals surface area contributed by atoms with Crippen molar-refractivity contribution in [2.24, 2.45) is 5.73 Å². The van der Waals surface area contributed by atoms with Crippen LogP contribution in [0, 0.1) is 0 Å². The van der Waals surface area contributed by atoms with E-state index < -0.39 is 184 Å². The minimum Gasteiger partial charge on any atom is -0.463 e. The number of ether oxygens (including phenoxy) is 15. The quantitative estimate of drug-likeness (QED) is 0.0529. The number of nitrogens with one attached hydrogen (secondary N) is 1. The van der Waals surface area contributed by atoms with Crippen LogP contribution in [0.1, 0.15) is 172 Å². The lowest BCUT2D eigenvalue weighted by molar-refractivity contribution is -0.374. The van der Waals surface area contributed by atoms with Gasteiger partial charge in [-0.1, -0.05) is 96.8 Å². The predicted molar refractivity (Wildman–Crippen MR) is 286 cm³/mol. The number of rotatable bonds is 34. The van der Waals surface area contributed by atoms with Crippen molar-refractivity contribution < 1.29 is 124 Å². The van der Waals surface area contributed by atoms with Crippen molar-refractivity contribution in [1.82, 2.24) is 5.32 Å². The molecule has 28 heteroatoms. The zero-order chi connectivity index (χ0) is 62.6. The van der Waals surface area contributed by atoms with Crippen molar-refractivity contribution in [3.05, 3.63) is 0 Å². The third-order valence-corrected chi connectivity index (χ3v) is 13.4. The molecule has 0 radical (unpaired) electrons. The Morgan fingerprint density at radius 3 is 1.00 bits per heavy atom. The summed E-state index contributed by atoms with van der Waals surface area (Å²) in [6.45, 7) is 9.99. The highest BCUT2D eigenvalue weighted by molar-refractivity contribution is 5.81. The summed E-state index contributed by atoms with van der Waals surface area (Å²) >= 11 is 0. The maximum Gasteiger partial charge on any atom is 0.303 e. The standard InChI is InChI=1S/C56H88N2O26/c1-12-13-14-15-16-17-18-19-20-21-22-23-24-25-26-40(57)53(69)58-54-50(77-37(9)66)47(74-34(6)63)45(41(80-54)27-70-30(2)59)83-56-52(79-39(11)68)49(76-36(8)65)46(43(82-56)29-72-32(4)61)84-55-51(78-38(10)67)48(75-35(7)64)44(73-33(5)62)42(81-55)28-71-31(3)60/h40-52,54-56H,12-29,57H2,1-11H3,(H,58,69)/t40-,41-,42-,43-,44-,45-,46-,47+,48+,49+,50-,51-,52-,54-,55-,56-/m1/s1. The molecule has 0 aromatic carbocycles. The van der Waals surface area contributed by atoms with Gasteiger partial charge in [0.1, 0.15) is 50.3 Å². The fourth-order valence-corrected chi connectivity index (χ4v) is 9.85. The number of carbonyl (C=O) groups is 11. The van der Waals surface area contributed by atoms with Crippen LogP contribution in [-0.2, 0) is 124 Å². The SMILES string of the molecule is CCCCCCCCCCCCCCCC[C@@H](N)C(=O)N[C@@H]1O[C@H](COC(C)=O)[C@@H](O[C@H]2O[C@H](COC(C)=O)[C@@H](O[C@H]3O[C@H](COC(C)=O)[C@@H](OC(C)=O)[C@H](OC(C)=O)[C@H]3OC(C)=O)[C@H](OC(C)=O)[C@H]2OC(C)=O)[C@H](OC(C)=O)[C@H]1OC(C)=O. The van der Waals surface area contributed by atoms with Crippen LogP contribution in [0.3, 0.4) is 0 Å². The summed E-state index contributed by atoms with van der Waals surface area (Å²) in [6.07, 6.45) is -11.2. The molecule has 478 valence electrons. The van der Waals surface area contributed by atoms with Gasteiger partial charge >= 0.3 is 59.7 Å². The monoisotopic (exact) mass is 1200 g/mol. The van der Waals surface area contributed by atoms with Crippen molar-refractivity contribution in [1.29, 1.82) is 0 Å². The third kappa shape index (κ3) is 25.6. The van der Waals surface area contributed by atoms with Gasteiger partial charge < -0.3 is 82.1 Å². The van der Waals surface area contributed by atoms with Crippen LogP contribution in [0.4, 0.5) is 0 Å². The fraction of sp³-hybridized carbons (Fsp3) is 0.804. The van der Waals surface area contributed by atoms with E-state index in [1.165, 1.54) is 51.4 Å². The maximum absolute atomic E-state index is 13.8. The molecule has 0 bridgehead atoms. The minimum absolute atomic E-state index is 0.262. The highest BCUT2D eigenvalue weighted by Crippen LogP contribution is 2.38. The predicted octanol–water partition coefficient (Wildman–Crippen LogP) is 3.46. The van der Waals surface area contributed by atoms with E-state index in [0.29, 0.717) is 6.42 Å². The van der Waals surface area contributed by atoms with Gasteiger partial charge in [0.25, 0.3) is 0 Å². The van der Waals surface area contributed by atoms with Crippen molar-refractivity contribution >= 4 is 65.6 Å². The molecule has 0 spiro atoms. The van der Waals surface area contributed by atoms with E-state index in [-0.39, 0.29) is 6.42 Å². The Labute approximate surface area is 489 Å². The zero-order valence-electron chi connectivity index (χ0n) is 50.2. The third-order valence-electron chi connectivity index (χ3n) is 13.4. The van der Waals surface area contributed by atoms with Crippen molar-refractivity contribution in [2.45, 2.75) is 271 Å². The number of amides is 1. The summed E-state index contributed by atoms with van der Waals surface area (Å²) in [4.78, 5) is 141. The first kappa shape index (κ1) is 72.2. The van der Waals surface area contributed by atoms with Gasteiger partial charge in [0, 0.05) is 69.2 Å². The highest BCUT2D eigenvalue weighted by Gasteiger charge is 2.60. The summed E-state index contributed by atoms with van der Waals surface area (Å²) in [5.74, 6) is -10.4. The number of hydrogen-bond acceptors (Lipinski definition) is 27. The maximum atomic E-state index is 13.8. The molecule has 28 nitrogen and oxygen atoms in total. The van der Waals surface area contributed by atoms with Crippen LogP contribution >= 0.6 is 0 Å². The summed E-state index contributed by atoms with van der Waals surface area (Å²) in [5.41, 5.74) is 6.39. The molecule has 1 amide bonds. The molecule has 0 saturated carbocycles. The molecule has 3 N–H and O–H groups in total. The molecular formula is C56H88N2O26. The molecule has 3 aliphatic heterocycles. The molecule has 0 aliphatic carbocycles. The van der Waals surface area contributed by atoms with Crippen LogP contribution in [0.15, 0.2) is 0 Å². The van der Waals surface area contributed by atoms with E-state index in [0.717, 1.165) is 101 Å². The molecule has 3 rings (SSSR count). The minimum atomic E-state index is -2.07. The molecule has 0 aromatic rings. The molecule has 3 saturated heterocycles.